The van der Waals surface area contributed by atoms with Crippen molar-refractivity contribution in [2.75, 3.05) is 5.32 Å². The molecule has 4 fully saturated rings. The monoisotopic (exact) mass is 421 g/mol. The molecule has 0 saturated heterocycles. The molecule has 3 aromatic rings. The normalized spacial score (nSPS) is 30.2. The van der Waals surface area contributed by atoms with Crippen LogP contribution >= 0.6 is 0 Å². The molecular weight excluding hydrogens is 390 g/mol. The smallest absolute Gasteiger partial charge is 0.198 e. The Morgan fingerprint density at radius 2 is 1.47 bits per heavy atom. The maximum atomic E-state index is 6.34. The highest BCUT2D eigenvalue weighted by atomic mass is 15.1. The molecule has 162 valence electrons. The van der Waals surface area contributed by atoms with Crippen molar-refractivity contribution in [2.24, 2.45) is 28.5 Å². The Hall–Kier alpha value is -2.81. The number of anilines is 1. The van der Waals surface area contributed by atoms with Crippen LogP contribution < -0.4 is 11.1 Å². The van der Waals surface area contributed by atoms with E-state index >= 15 is 0 Å². The Morgan fingerprint density at radius 1 is 0.812 bits per heavy atom. The van der Waals surface area contributed by atoms with Crippen molar-refractivity contribution in [3.63, 3.8) is 0 Å². The molecule has 5 aliphatic rings. The number of benzene rings is 3. The van der Waals surface area contributed by atoms with E-state index in [2.05, 4.69) is 59.9 Å². The van der Waals surface area contributed by atoms with Crippen molar-refractivity contribution in [1.29, 1.82) is 0 Å². The minimum Gasteiger partial charge on any atom is -0.369 e. The summed E-state index contributed by atoms with van der Waals surface area (Å²) in [6.07, 6.45) is 10.9. The molecule has 0 atom stereocenters. The average Bonchev–Trinajstić information content (AvgIpc) is 3.20. The fourth-order valence-electron chi connectivity index (χ4n) is 8.01. The molecule has 0 heterocycles. The second kappa shape index (κ2) is 6.84. The predicted molar refractivity (Wildman–Crippen MR) is 133 cm³/mol. The molecule has 0 aromatic heterocycles. The van der Waals surface area contributed by atoms with E-state index < -0.39 is 0 Å². The number of hydrogen-bond acceptors (Lipinski definition) is 1. The van der Waals surface area contributed by atoms with Gasteiger partial charge in [0.15, 0.2) is 5.96 Å². The lowest BCUT2D eigenvalue weighted by Gasteiger charge is -2.57. The van der Waals surface area contributed by atoms with Crippen molar-refractivity contribution in [3.8, 4) is 0 Å². The Kier molecular flexibility index (Phi) is 4.01. The molecule has 5 aliphatic carbocycles. The number of nitrogens with two attached hydrogens (primary N) is 1. The second-order valence-corrected chi connectivity index (χ2v) is 11.0. The van der Waals surface area contributed by atoms with Crippen molar-refractivity contribution >= 4 is 28.1 Å². The van der Waals surface area contributed by atoms with Gasteiger partial charge in [0.05, 0.1) is 5.69 Å². The minimum atomic E-state index is 0.442. The van der Waals surface area contributed by atoms with Crippen LogP contribution in [0.15, 0.2) is 59.6 Å². The molecule has 0 amide bonds. The Labute approximate surface area is 190 Å². The zero-order valence-corrected chi connectivity index (χ0v) is 18.6. The zero-order chi connectivity index (χ0) is 21.3. The molecule has 3 N–H and O–H groups in total. The highest BCUT2D eigenvalue weighted by molar-refractivity contribution is 6.02. The SMILES string of the molecule is NC(=Nc1ccc2c3c(cccc13)CC2)Nc1ccc(C23CC4CC(CC(C4)C2)C3)cc1. The van der Waals surface area contributed by atoms with Gasteiger partial charge in [0.1, 0.15) is 0 Å². The molecular formula is C29H31N3. The lowest BCUT2D eigenvalue weighted by Crippen LogP contribution is -2.48. The van der Waals surface area contributed by atoms with E-state index in [1.807, 2.05) is 0 Å². The fourth-order valence-corrected chi connectivity index (χ4v) is 8.01. The summed E-state index contributed by atoms with van der Waals surface area (Å²) in [7, 11) is 0. The highest BCUT2D eigenvalue weighted by Crippen LogP contribution is 2.60. The molecule has 32 heavy (non-hydrogen) atoms. The van der Waals surface area contributed by atoms with Gasteiger partial charge in [0, 0.05) is 11.1 Å². The first-order valence-corrected chi connectivity index (χ1v) is 12.4. The summed E-state index contributed by atoms with van der Waals surface area (Å²) in [5, 5.41) is 5.91. The van der Waals surface area contributed by atoms with Gasteiger partial charge in [-0.15, -0.1) is 0 Å². The van der Waals surface area contributed by atoms with E-state index in [0.717, 1.165) is 42.0 Å². The first kappa shape index (κ1) is 18.7. The van der Waals surface area contributed by atoms with E-state index in [4.69, 9.17) is 10.7 Å². The van der Waals surface area contributed by atoms with Crippen LogP contribution in [0.2, 0.25) is 0 Å². The van der Waals surface area contributed by atoms with Gasteiger partial charge in [-0.05, 0) is 115 Å². The van der Waals surface area contributed by atoms with Crippen molar-refractivity contribution in [2.45, 2.75) is 56.8 Å². The Bertz CT molecular complexity index is 1190. The average molecular weight is 422 g/mol. The molecule has 3 heteroatoms. The van der Waals surface area contributed by atoms with Crippen LogP contribution in [-0.4, -0.2) is 5.96 Å². The van der Waals surface area contributed by atoms with E-state index in [-0.39, 0.29) is 0 Å². The Morgan fingerprint density at radius 3 is 2.16 bits per heavy atom. The summed E-state index contributed by atoms with van der Waals surface area (Å²) >= 11 is 0. The van der Waals surface area contributed by atoms with E-state index in [0.29, 0.717) is 11.4 Å². The summed E-state index contributed by atoms with van der Waals surface area (Å²) in [6.45, 7) is 0. The summed E-state index contributed by atoms with van der Waals surface area (Å²) in [4.78, 5) is 4.75. The van der Waals surface area contributed by atoms with E-state index in [1.54, 1.807) is 5.56 Å². The number of aliphatic imine (C=N–C) groups is 1. The minimum absolute atomic E-state index is 0.442. The summed E-state index contributed by atoms with van der Waals surface area (Å²) < 4.78 is 0. The number of aryl methyl sites for hydroxylation is 2. The van der Waals surface area contributed by atoms with Gasteiger partial charge in [-0.3, -0.25) is 0 Å². The molecule has 0 unspecified atom stereocenters. The fraction of sp³-hybridized carbons (Fsp3) is 0.414. The number of hydrogen-bond donors (Lipinski definition) is 2. The summed E-state index contributed by atoms with van der Waals surface area (Å²) in [5.41, 5.74) is 13.2. The Balaban J connectivity index is 1.14. The summed E-state index contributed by atoms with van der Waals surface area (Å²) in [5.74, 6) is 3.37. The molecule has 8 rings (SSSR count). The third kappa shape index (κ3) is 2.90. The van der Waals surface area contributed by atoms with Gasteiger partial charge < -0.3 is 11.1 Å². The standard InChI is InChI=1S/C29H31N3/c30-28(32-26-11-6-22-5-4-21-2-1-3-25(26)27(21)22)31-24-9-7-23(8-10-24)29-15-18-12-19(16-29)14-20(13-18)17-29/h1-3,6-11,18-20H,4-5,12-17H2,(H3,30,31,32). The van der Waals surface area contributed by atoms with Crippen molar-refractivity contribution in [1.82, 2.24) is 0 Å². The van der Waals surface area contributed by atoms with Gasteiger partial charge in [0.25, 0.3) is 0 Å². The third-order valence-corrected chi connectivity index (χ3v) is 8.90. The van der Waals surface area contributed by atoms with Crippen LogP contribution in [0.5, 0.6) is 0 Å². The molecule has 0 radical (unpaired) electrons. The quantitative estimate of drug-likeness (QED) is 0.376. The molecule has 4 bridgehead atoms. The van der Waals surface area contributed by atoms with E-state index in [9.17, 15) is 0 Å². The lowest BCUT2D eigenvalue weighted by molar-refractivity contribution is -0.00518. The third-order valence-electron chi connectivity index (χ3n) is 8.90. The van der Waals surface area contributed by atoms with Gasteiger partial charge >= 0.3 is 0 Å². The molecule has 0 spiro atoms. The molecule has 0 aliphatic heterocycles. The largest absolute Gasteiger partial charge is 0.369 e. The van der Waals surface area contributed by atoms with E-state index in [1.165, 1.54) is 60.4 Å². The first-order valence-electron chi connectivity index (χ1n) is 12.4. The number of rotatable bonds is 3. The topological polar surface area (TPSA) is 50.4 Å². The van der Waals surface area contributed by atoms with Gasteiger partial charge in [-0.25, -0.2) is 4.99 Å². The van der Waals surface area contributed by atoms with Crippen LogP contribution in [0.4, 0.5) is 11.4 Å². The second-order valence-electron chi connectivity index (χ2n) is 11.0. The maximum absolute atomic E-state index is 6.34. The molecule has 3 aromatic carbocycles. The molecule has 3 nitrogen and oxygen atoms in total. The predicted octanol–water partition coefficient (Wildman–Crippen LogP) is 6.46. The number of nitrogens with zero attached hydrogens (tertiary/aromatic N) is 1. The maximum Gasteiger partial charge on any atom is 0.198 e. The van der Waals surface area contributed by atoms with Gasteiger partial charge in [-0.2, -0.15) is 0 Å². The van der Waals surface area contributed by atoms with Crippen LogP contribution in [-0.2, 0) is 18.3 Å². The number of guanidine groups is 1. The van der Waals surface area contributed by atoms with Crippen LogP contribution in [0.1, 0.15) is 55.2 Å². The van der Waals surface area contributed by atoms with Gasteiger partial charge in [-0.1, -0.05) is 36.4 Å². The lowest BCUT2D eigenvalue weighted by atomic mass is 9.48. The van der Waals surface area contributed by atoms with Crippen LogP contribution in [0.3, 0.4) is 0 Å². The molecule has 4 saturated carbocycles. The van der Waals surface area contributed by atoms with Crippen molar-refractivity contribution in [3.05, 3.63) is 71.3 Å². The highest BCUT2D eigenvalue weighted by Gasteiger charge is 2.51. The number of nitrogens with one attached hydrogen (secondary N) is 1. The van der Waals surface area contributed by atoms with Crippen molar-refractivity contribution < 1.29 is 0 Å². The van der Waals surface area contributed by atoms with Crippen LogP contribution in [0.25, 0.3) is 10.8 Å². The van der Waals surface area contributed by atoms with Gasteiger partial charge in [0.2, 0.25) is 0 Å². The van der Waals surface area contributed by atoms with Crippen LogP contribution in [0, 0.1) is 17.8 Å². The zero-order valence-electron chi connectivity index (χ0n) is 18.6. The first-order chi connectivity index (χ1) is 15.6. The summed E-state index contributed by atoms with van der Waals surface area (Å²) in [6, 6.07) is 20.0.